The fraction of sp³-hybridized carbons (Fsp3) is 0.250. The van der Waals surface area contributed by atoms with Crippen molar-refractivity contribution in [3.63, 3.8) is 0 Å². The number of rotatable bonds is 7. The Balaban J connectivity index is 1.84. The molecular weight excluding hydrogens is 372 g/mol. The summed E-state index contributed by atoms with van der Waals surface area (Å²) in [7, 11) is 0. The van der Waals surface area contributed by atoms with E-state index < -0.39 is 31.0 Å². The van der Waals surface area contributed by atoms with Gasteiger partial charge in [0.1, 0.15) is 5.75 Å². The van der Waals surface area contributed by atoms with Crippen LogP contribution in [-0.2, 0) is 9.53 Å². The van der Waals surface area contributed by atoms with E-state index in [1.165, 1.54) is 24.3 Å². The molecule has 0 unspecified atom stereocenters. The third-order valence-electron chi connectivity index (χ3n) is 3.74. The van der Waals surface area contributed by atoms with Crippen molar-refractivity contribution < 1.29 is 32.6 Å². The molecule has 0 aromatic heterocycles. The second-order valence-corrected chi connectivity index (χ2v) is 6.13. The lowest BCUT2D eigenvalue weighted by Crippen LogP contribution is -2.34. The maximum absolute atomic E-state index is 12.1. The lowest BCUT2D eigenvalue weighted by Gasteiger charge is -2.08. The van der Waals surface area contributed by atoms with Crippen LogP contribution in [0.4, 0.5) is 8.78 Å². The van der Waals surface area contributed by atoms with Crippen molar-refractivity contribution in [2.45, 2.75) is 26.4 Å². The van der Waals surface area contributed by atoms with Gasteiger partial charge in [0.2, 0.25) is 0 Å². The molecule has 0 radical (unpaired) electrons. The predicted octanol–water partition coefficient (Wildman–Crippen LogP) is 3.52. The van der Waals surface area contributed by atoms with Crippen LogP contribution in [-0.4, -0.2) is 31.0 Å². The highest BCUT2D eigenvalue weighted by Gasteiger charge is 2.14. The Kier molecular flexibility index (Phi) is 7.20. The number of amides is 2. The molecule has 0 fully saturated rings. The number of benzene rings is 2. The molecule has 0 aliphatic carbocycles. The van der Waals surface area contributed by atoms with Crippen molar-refractivity contribution in [1.29, 1.82) is 0 Å². The van der Waals surface area contributed by atoms with Crippen LogP contribution in [0.25, 0.3) is 0 Å². The van der Waals surface area contributed by atoms with E-state index in [2.05, 4.69) is 4.74 Å². The first-order valence-electron chi connectivity index (χ1n) is 8.42. The van der Waals surface area contributed by atoms with E-state index >= 15 is 0 Å². The molecule has 0 aliphatic heterocycles. The number of ether oxygens (including phenoxy) is 2. The molecule has 148 valence electrons. The Morgan fingerprint density at radius 1 is 0.929 bits per heavy atom. The quantitative estimate of drug-likeness (QED) is 0.731. The summed E-state index contributed by atoms with van der Waals surface area (Å²) in [6.45, 7) is 0.433. The Labute approximate surface area is 160 Å². The van der Waals surface area contributed by atoms with Gasteiger partial charge in [0.25, 0.3) is 11.8 Å². The van der Waals surface area contributed by atoms with Gasteiger partial charge in [-0.15, -0.1) is 0 Å². The zero-order chi connectivity index (χ0) is 20.7. The van der Waals surface area contributed by atoms with Crippen LogP contribution < -0.4 is 10.1 Å². The van der Waals surface area contributed by atoms with Gasteiger partial charge in [-0.1, -0.05) is 26.0 Å². The summed E-state index contributed by atoms with van der Waals surface area (Å²) < 4.78 is 33.2. The van der Waals surface area contributed by atoms with Gasteiger partial charge in [-0.3, -0.25) is 14.9 Å². The van der Waals surface area contributed by atoms with E-state index in [9.17, 15) is 23.2 Å². The molecule has 2 rings (SSSR count). The molecule has 0 atom stereocenters. The average molecular weight is 391 g/mol. The number of carbonyl (C=O) groups is 3. The normalized spacial score (nSPS) is 10.6. The van der Waals surface area contributed by atoms with Gasteiger partial charge in [-0.25, -0.2) is 4.79 Å². The number of halogens is 2. The number of hydrogen-bond donors (Lipinski definition) is 1. The molecule has 0 heterocycles. The lowest BCUT2D eigenvalue weighted by atomic mass is 10.0. The molecule has 0 saturated heterocycles. The fourth-order valence-corrected chi connectivity index (χ4v) is 2.24. The average Bonchev–Trinajstić information content (AvgIpc) is 2.66. The van der Waals surface area contributed by atoms with Crippen LogP contribution >= 0.6 is 0 Å². The smallest absolute Gasteiger partial charge is 0.387 e. The van der Waals surface area contributed by atoms with Crippen LogP contribution in [0.15, 0.2) is 48.5 Å². The minimum atomic E-state index is -2.97. The van der Waals surface area contributed by atoms with E-state index in [0.29, 0.717) is 5.92 Å². The highest BCUT2D eigenvalue weighted by Crippen LogP contribution is 2.16. The summed E-state index contributed by atoms with van der Waals surface area (Å²) in [6, 6.07) is 11.6. The van der Waals surface area contributed by atoms with E-state index in [1.54, 1.807) is 24.3 Å². The number of alkyl halides is 2. The monoisotopic (exact) mass is 391 g/mol. The van der Waals surface area contributed by atoms with Crippen LogP contribution in [0, 0.1) is 0 Å². The summed E-state index contributed by atoms with van der Waals surface area (Å²) in [4.78, 5) is 35.7. The predicted molar refractivity (Wildman–Crippen MR) is 96.4 cm³/mol. The number of hydrogen-bond acceptors (Lipinski definition) is 5. The van der Waals surface area contributed by atoms with Crippen molar-refractivity contribution in [2.24, 2.45) is 0 Å². The first kappa shape index (κ1) is 21.0. The third kappa shape index (κ3) is 6.15. The van der Waals surface area contributed by atoms with Crippen molar-refractivity contribution in [2.75, 3.05) is 6.61 Å². The molecular formula is C20H19F2NO5. The summed E-state index contributed by atoms with van der Waals surface area (Å²) in [5.41, 5.74) is 1.41. The topological polar surface area (TPSA) is 81.7 Å². The zero-order valence-electron chi connectivity index (χ0n) is 15.3. The second-order valence-electron chi connectivity index (χ2n) is 6.13. The van der Waals surface area contributed by atoms with E-state index in [1.807, 2.05) is 19.2 Å². The summed E-state index contributed by atoms with van der Waals surface area (Å²) in [5, 5.41) is 2.04. The highest BCUT2D eigenvalue weighted by atomic mass is 19.3. The molecule has 8 heteroatoms. The van der Waals surface area contributed by atoms with E-state index in [4.69, 9.17) is 4.74 Å². The largest absolute Gasteiger partial charge is 0.452 e. The van der Waals surface area contributed by atoms with Crippen molar-refractivity contribution in [3.05, 3.63) is 65.2 Å². The van der Waals surface area contributed by atoms with Crippen molar-refractivity contribution >= 4 is 17.8 Å². The first-order chi connectivity index (χ1) is 13.3. The Morgan fingerprint density at radius 3 is 2.04 bits per heavy atom. The van der Waals surface area contributed by atoms with Gasteiger partial charge in [-0.05, 0) is 47.9 Å². The molecule has 6 nitrogen and oxygen atoms in total. The fourth-order valence-electron chi connectivity index (χ4n) is 2.24. The van der Waals surface area contributed by atoms with Crippen molar-refractivity contribution in [3.8, 4) is 5.75 Å². The molecule has 0 spiro atoms. The van der Waals surface area contributed by atoms with Gasteiger partial charge in [0.05, 0.1) is 5.56 Å². The maximum atomic E-state index is 12.1. The second kappa shape index (κ2) is 9.59. The van der Waals surface area contributed by atoms with Crippen LogP contribution in [0.5, 0.6) is 5.75 Å². The first-order valence-corrected chi connectivity index (χ1v) is 8.42. The van der Waals surface area contributed by atoms with Crippen molar-refractivity contribution in [1.82, 2.24) is 5.32 Å². The highest BCUT2D eigenvalue weighted by molar-refractivity contribution is 6.05. The minimum absolute atomic E-state index is 0.0607. The standard InChI is InChI=1S/C20H19F2NO5/c1-12(2)13-3-5-15(6-4-13)19(26)27-11-17(24)23-18(25)14-7-9-16(10-8-14)28-20(21)22/h3-10,12,20H,11H2,1-2H3,(H,23,24,25). The van der Waals surface area contributed by atoms with Crippen LogP contribution in [0.1, 0.15) is 46.0 Å². The van der Waals surface area contributed by atoms with Crippen LogP contribution in [0.3, 0.4) is 0 Å². The van der Waals surface area contributed by atoms with Gasteiger partial charge in [0, 0.05) is 5.56 Å². The molecule has 2 amide bonds. The van der Waals surface area contributed by atoms with Gasteiger partial charge in [0.15, 0.2) is 6.61 Å². The maximum Gasteiger partial charge on any atom is 0.387 e. The SMILES string of the molecule is CC(C)c1ccc(C(=O)OCC(=O)NC(=O)c2ccc(OC(F)F)cc2)cc1. The Morgan fingerprint density at radius 2 is 1.50 bits per heavy atom. The summed E-state index contributed by atoms with van der Waals surface area (Å²) >= 11 is 0. The summed E-state index contributed by atoms with van der Waals surface area (Å²) in [6.07, 6.45) is 0. The van der Waals surface area contributed by atoms with Gasteiger partial charge >= 0.3 is 12.6 Å². The van der Waals surface area contributed by atoms with E-state index in [-0.39, 0.29) is 16.9 Å². The number of nitrogens with one attached hydrogen (secondary N) is 1. The molecule has 0 saturated carbocycles. The van der Waals surface area contributed by atoms with E-state index in [0.717, 1.165) is 5.56 Å². The molecule has 2 aromatic rings. The molecule has 2 aromatic carbocycles. The van der Waals surface area contributed by atoms with Crippen LogP contribution in [0.2, 0.25) is 0 Å². The summed E-state index contributed by atoms with van der Waals surface area (Å²) in [5.74, 6) is -2.06. The number of esters is 1. The third-order valence-corrected chi connectivity index (χ3v) is 3.74. The Hall–Kier alpha value is -3.29. The molecule has 1 N–H and O–H groups in total. The number of imide groups is 1. The lowest BCUT2D eigenvalue weighted by molar-refractivity contribution is -0.123. The molecule has 0 aliphatic rings. The molecule has 28 heavy (non-hydrogen) atoms. The zero-order valence-corrected chi connectivity index (χ0v) is 15.3. The molecule has 0 bridgehead atoms. The van der Waals surface area contributed by atoms with Gasteiger partial charge in [-0.2, -0.15) is 8.78 Å². The minimum Gasteiger partial charge on any atom is -0.452 e. The van der Waals surface area contributed by atoms with Gasteiger partial charge < -0.3 is 9.47 Å². The number of carbonyl (C=O) groups excluding carboxylic acids is 3. The Bertz CT molecular complexity index is 833.